The van der Waals surface area contributed by atoms with Gasteiger partial charge in [-0.3, -0.25) is 4.79 Å². The molecule has 0 saturated carbocycles. The molecule has 98 valence electrons. The first-order valence-electron chi connectivity index (χ1n) is 5.74. The second-order valence-electron chi connectivity index (χ2n) is 4.33. The fraction of sp³-hybridized carbons (Fsp3) is 0.133. The Morgan fingerprint density at radius 2 is 1.95 bits per heavy atom. The highest BCUT2D eigenvalue weighted by atomic mass is 35.5. The van der Waals surface area contributed by atoms with Crippen LogP contribution in [0.1, 0.15) is 11.1 Å². The first-order valence-corrected chi connectivity index (χ1v) is 6.12. The Hall–Kier alpha value is -1.87. The highest BCUT2D eigenvalue weighted by Crippen LogP contribution is 2.30. The lowest BCUT2D eigenvalue weighted by Gasteiger charge is -2.11. The number of hydrogen-bond acceptors (Lipinski definition) is 1. The SMILES string of the molecule is Cc1ccc(Cl)cc1-c1cc(F)ccc1CC(=O)O. The van der Waals surface area contributed by atoms with Crippen LogP contribution in [0.4, 0.5) is 4.39 Å². The summed E-state index contributed by atoms with van der Waals surface area (Å²) in [5, 5.41) is 9.45. The summed E-state index contributed by atoms with van der Waals surface area (Å²) in [7, 11) is 0. The van der Waals surface area contributed by atoms with Gasteiger partial charge < -0.3 is 5.11 Å². The normalized spacial score (nSPS) is 10.5. The number of halogens is 2. The van der Waals surface area contributed by atoms with Gasteiger partial charge in [-0.15, -0.1) is 0 Å². The zero-order valence-corrected chi connectivity index (χ0v) is 11.0. The summed E-state index contributed by atoms with van der Waals surface area (Å²) < 4.78 is 13.4. The maximum atomic E-state index is 13.4. The average Bonchev–Trinajstić information content (AvgIpc) is 2.34. The number of aryl methyl sites for hydroxylation is 1. The second kappa shape index (κ2) is 5.41. The number of carboxylic acid groups (broad SMARTS) is 1. The van der Waals surface area contributed by atoms with Gasteiger partial charge in [-0.05, 0) is 53.4 Å². The molecule has 0 amide bonds. The van der Waals surface area contributed by atoms with E-state index in [1.54, 1.807) is 12.1 Å². The molecule has 0 heterocycles. The largest absolute Gasteiger partial charge is 0.481 e. The predicted octanol–water partition coefficient (Wildman–Crippen LogP) is 4.08. The Kier molecular flexibility index (Phi) is 3.86. The molecule has 0 saturated heterocycles. The predicted molar refractivity (Wildman–Crippen MR) is 72.9 cm³/mol. The van der Waals surface area contributed by atoms with E-state index in [1.165, 1.54) is 18.2 Å². The number of carboxylic acids is 1. The van der Waals surface area contributed by atoms with Crippen LogP contribution in [0.5, 0.6) is 0 Å². The third kappa shape index (κ3) is 3.12. The van der Waals surface area contributed by atoms with E-state index in [9.17, 15) is 9.18 Å². The van der Waals surface area contributed by atoms with Crippen molar-refractivity contribution in [1.29, 1.82) is 0 Å². The fourth-order valence-electron chi connectivity index (χ4n) is 2.00. The minimum atomic E-state index is -0.951. The molecule has 0 aliphatic carbocycles. The summed E-state index contributed by atoms with van der Waals surface area (Å²) in [4.78, 5) is 10.9. The molecule has 0 atom stereocenters. The quantitative estimate of drug-likeness (QED) is 0.918. The van der Waals surface area contributed by atoms with Crippen LogP contribution in [0.25, 0.3) is 11.1 Å². The average molecular weight is 279 g/mol. The summed E-state index contributed by atoms with van der Waals surface area (Å²) >= 11 is 5.95. The lowest BCUT2D eigenvalue weighted by molar-refractivity contribution is -0.136. The molecular formula is C15H12ClFO2. The Balaban J connectivity index is 2.62. The number of benzene rings is 2. The molecule has 0 aromatic heterocycles. The maximum absolute atomic E-state index is 13.4. The van der Waals surface area contributed by atoms with Crippen molar-refractivity contribution >= 4 is 17.6 Å². The van der Waals surface area contributed by atoms with E-state index in [2.05, 4.69) is 0 Å². The van der Waals surface area contributed by atoms with Crippen LogP contribution in [0.3, 0.4) is 0 Å². The maximum Gasteiger partial charge on any atom is 0.307 e. The summed E-state index contributed by atoms with van der Waals surface area (Å²) in [6.45, 7) is 1.88. The lowest BCUT2D eigenvalue weighted by atomic mass is 9.94. The molecule has 0 radical (unpaired) electrons. The van der Waals surface area contributed by atoms with Gasteiger partial charge in [0.05, 0.1) is 6.42 Å². The fourth-order valence-corrected chi connectivity index (χ4v) is 2.17. The van der Waals surface area contributed by atoms with Crippen molar-refractivity contribution in [3.8, 4) is 11.1 Å². The van der Waals surface area contributed by atoms with E-state index < -0.39 is 11.8 Å². The van der Waals surface area contributed by atoms with Crippen molar-refractivity contribution in [2.75, 3.05) is 0 Å². The zero-order valence-electron chi connectivity index (χ0n) is 10.3. The van der Waals surface area contributed by atoms with Crippen LogP contribution < -0.4 is 0 Å². The molecule has 0 aliphatic heterocycles. The minimum Gasteiger partial charge on any atom is -0.481 e. The molecule has 4 heteroatoms. The standard InChI is InChI=1S/C15H12ClFO2/c1-9-2-4-11(16)7-13(9)14-8-12(17)5-3-10(14)6-15(18)19/h2-5,7-8H,6H2,1H3,(H,18,19). The third-order valence-corrected chi connectivity index (χ3v) is 3.14. The van der Waals surface area contributed by atoms with E-state index in [0.29, 0.717) is 16.1 Å². The van der Waals surface area contributed by atoms with Gasteiger partial charge >= 0.3 is 5.97 Å². The van der Waals surface area contributed by atoms with Crippen molar-refractivity contribution in [3.63, 3.8) is 0 Å². The monoisotopic (exact) mass is 278 g/mol. The molecule has 0 fully saturated rings. The van der Waals surface area contributed by atoms with E-state index in [4.69, 9.17) is 16.7 Å². The van der Waals surface area contributed by atoms with Crippen LogP contribution in [-0.4, -0.2) is 11.1 Å². The summed E-state index contributed by atoms with van der Waals surface area (Å²) in [5.41, 5.74) is 2.81. The highest BCUT2D eigenvalue weighted by Gasteiger charge is 2.12. The molecule has 2 rings (SSSR count). The van der Waals surface area contributed by atoms with Crippen LogP contribution in [0, 0.1) is 12.7 Å². The molecule has 2 nitrogen and oxygen atoms in total. The third-order valence-electron chi connectivity index (χ3n) is 2.90. The summed E-state index contributed by atoms with van der Waals surface area (Å²) in [6, 6.07) is 9.40. The Morgan fingerprint density at radius 1 is 1.21 bits per heavy atom. The number of aliphatic carboxylic acids is 1. The van der Waals surface area contributed by atoms with Gasteiger partial charge in [-0.2, -0.15) is 0 Å². The summed E-state index contributed by atoms with van der Waals surface area (Å²) in [5.74, 6) is -1.35. The smallest absolute Gasteiger partial charge is 0.307 e. The van der Waals surface area contributed by atoms with Crippen molar-refractivity contribution in [1.82, 2.24) is 0 Å². The molecule has 19 heavy (non-hydrogen) atoms. The van der Waals surface area contributed by atoms with E-state index in [1.807, 2.05) is 13.0 Å². The Morgan fingerprint density at radius 3 is 2.63 bits per heavy atom. The van der Waals surface area contributed by atoms with Crippen LogP contribution in [-0.2, 0) is 11.2 Å². The lowest BCUT2D eigenvalue weighted by Crippen LogP contribution is -2.02. The molecule has 0 aliphatic rings. The van der Waals surface area contributed by atoms with Gasteiger partial charge in [0, 0.05) is 5.02 Å². The van der Waals surface area contributed by atoms with Gasteiger partial charge in [-0.25, -0.2) is 4.39 Å². The molecule has 2 aromatic carbocycles. The van der Waals surface area contributed by atoms with Crippen LogP contribution in [0.2, 0.25) is 5.02 Å². The topological polar surface area (TPSA) is 37.3 Å². The van der Waals surface area contributed by atoms with E-state index in [-0.39, 0.29) is 6.42 Å². The van der Waals surface area contributed by atoms with Crippen LogP contribution in [0.15, 0.2) is 36.4 Å². The molecule has 2 aromatic rings. The van der Waals surface area contributed by atoms with Crippen molar-refractivity contribution < 1.29 is 14.3 Å². The number of carbonyl (C=O) groups is 1. The van der Waals surface area contributed by atoms with Gasteiger partial charge in [0.15, 0.2) is 0 Å². The van der Waals surface area contributed by atoms with E-state index in [0.717, 1.165) is 11.1 Å². The minimum absolute atomic E-state index is 0.151. The van der Waals surface area contributed by atoms with Crippen molar-refractivity contribution in [2.45, 2.75) is 13.3 Å². The first-order chi connectivity index (χ1) is 8.97. The highest BCUT2D eigenvalue weighted by molar-refractivity contribution is 6.30. The molecule has 0 spiro atoms. The molecule has 1 N–H and O–H groups in total. The van der Waals surface area contributed by atoms with Gasteiger partial charge in [0.1, 0.15) is 5.82 Å². The number of hydrogen-bond donors (Lipinski definition) is 1. The molecule has 0 unspecified atom stereocenters. The first kappa shape index (κ1) is 13.6. The van der Waals surface area contributed by atoms with Gasteiger partial charge in [0.2, 0.25) is 0 Å². The number of rotatable bonds is 3. The van der Waals surface area contributed by atoms with Gasteiger partial charge in [-0.1, -0.05) is 23.7 Å². The van der Waals surface area contributed by atoms with Gasteiger partial charge in [0.25, 0.3) is 0 Å². The summed E-state index contributed by atoms with van der Waals surface area (Å²) in [6.07, 6.45) is -0.151. The molecule has 0 bridgehead atoms. The zero-order chi connectivity index (χ0) is 14.0. The second-order valence-corrected chi connectivity index (χ2v) is 4.77. The Bertz CT molecular complexity index is 638. The van der Waals surface area contributed by atoms with Crippen LogP contribution >= 0.6 is 11.6 Å². The Labute approximate surface area is 115 Å². The van der Waals surface area contributed by atoms with E-state index >= 15 is 0 Å². The van der Waals surface area contributed by atoms with Crippen molar-refractivity contribution in [2.24, 2.45) is 0 Å². The van der Waals surface area contributed by atoms with Crippen molar-refractivity contribution in [3.05, 3.63) is 58.4 Å². The molecular weight excluding hydrogens is 267 g/mol.